The summed E-state index contributed by atoms with van der Waals surface area (Å²) in [5.41, 5.74) is 0.163. The fourth-order valence-electron chi connectivity index (χ4n) is 9.41. The van der Waals surface area contributed by atoms with Crippen LogP contribution < -0.4 is 5.32 Å². The highest BCUT2D eigenvalue weighted by Crippen LogP contribution is 2.63. The Hall–Kier alpha value is -1.46. The Labute approximate surface area is 210 Å². The Bertz CT molecular complexity index is 905. The van der Waals surface area contributed by atoms with Crippen molar-refractivity contribution in [3.05, 3.63) is 35.6 Å². The van der Waals surface area contributed by atoms with Gasteiger partial charge in [0.1, 0.15) is 5.82 Å². The van der Waals surface area contributed by atoms with Crippen molar-refractivity contribution in [2.45, 2.75) is 89.7 Å². The third-order valence-electron chi connectivity index (χ3n) is 10.9. The van der Waals surface area contributed by atoms with Crippen molar-refractivity contribution in [1.82, 2.24) is 5.32 Å². The van der Waals surface area contributed by atoms with Crippen LogP contribution in [-0.4, -0.2) is 36.4 Å². The van der Waals surface area contributed by atoms with Crippen molar-refractivity contribution in [2.24, 2.45) is 40.9 Å². The molecule has 4 saturated carbocycles. The van der Waals surface area contributed by atoms with Gasteiger partial charge in [0.2, 0.25) is 0 Å². The van der Waals surface area contributed by atoms with E-state index in [1.54, 1.807) is 19.2 Å². The lowest BCUT2D eigenvalue weighted by molar-refractivity contribution is -0.142. The van der Waals surface area contributed by atoms with Gasteiger partial charge in [-0.2, -0.15) is 0 Å². The molecule has 0 bridgehead atoms. The third kappa shape index (κ3) is 4.68. The van der Waals surface area contributed by atoms with Crippen LogP contribution in [0.1, 0.15) is 88.4 Å². The number of aliphatic hydroxyl groups is 1. The lowest BCUT2D eigenvalue weighted by Gasteiger charge is -2.61. The quantitative estimate of drug-likeness (QED) is 0.539. The van der Waals surface area contributed by atoms with E-state index in [0.29, 0.717) is 24.0 Å². The van der Waals surface area contributed by atoms with E-state index in [0.717, 1.165) is 42.9 Å². The van der Waals surface area contributed by atoms with Crippen LogP contribution in [-0.2, 0) is 4.74 Å². The average Bonchev–Trinajstić information content (AvgIpc) is 2.83. The zero-order valence-corrected chi connectivity index (χ0v) is 21.8. The van der Waals surface area contributed by atoms with Crippen LogP contribution in [0.2, 0.25) is 0 Å². The van der Waals surface area contributed by atoms with E-state index in [4.69, 9.17) is 4.74 Å². The SMILES string of the molecule is COC[C@@]1(O)CC[C@@H]2C3CC[C@]4(C)[C@@H]([C@H](C)NC(=O)c5ccc(F)cc5)CCC[C@H]4[C@@H]3CC[C@@H]2C1. The first-order chi connectivity index (χ1) is 16.7. The highest BCUT2D eigenvalue weighted by Gasteiger charge is 2.57. The van der Waals surface area contributed by atoms with Gasteiger partial charge < -0.3 is 15.2 Å². The summed E-state index contributed by atoms with van der Waals surface area (Å²) in [6.07, 6.45) is 11.7. The molecule has 35 heavy (non-hydrogen) atoms. The van der Waals surface area contributed by atoms with Crippen molar-refractivity contribution in [2.75, 3.05) is 13.7 Å². The standard InChI is InChI=1S/C30H44FNO3/c1-19(32-28(33)20-7-10-22(31)11-8-20)26-5-4-6-27-25-12-9-21-17-30(34,18-35-3)16-14-23(21)24(25)13-15-29(26,27)2/h7-8,10-11,19,21,23-27,34H,4-6,9,12-18H2,1-3H3,(H,32,33)/t19-,21+,23-,24?,25+,26+,27-,29+,30+/m0/s1. The molecule has 0 radical (unpaired) electrons. The molecule has 1 aromatic carbocycles. The third-order valence-corrected chi connectivity index (χ3v) is 10.9. The molecule has 0 aliphatic heterocycles. The minimum Gasteiger partial charge on any atom is -0.387 e. The Morgan fingerprint density at radius 2 is 1.83 bits per heavy atom. The Kier molecular flexibility index (Phi) is 7.04. The fraction of sp³-hybridized carbons (Fsp3) is 0.767. The second kappa shape index (κ2) is 9.78. The summed E-state index contributed by atoms with van der Waals surface area (Å²) in [7, 11) is 1.70. The van der Waals surface area contributed by atoms with E-state index in [9.17, 15) is 14.3 Å². The number of nitrogens with one attached hydrogen (secondary N) is 1. The highest BCUT2D eigenvalue weighted by molar-refractivity contribution is 5.94. The number of halogens is 1. The fourth-order valence-corrected chi connectivity index (χ4v) is 9.41. The van der Waals surface area contributed by atoms with Crippen molar-refractivity contribution < 1.29 is 19.0 Å². The van der Waals surface area contributed by atoms with Gasteiger partial charge in [0.25, 0.3) is 5.91 Å². The van der Waals surface area contributed by atoms with Gasteiger partial charge in [-0.15, -0.1) is 0 Å². The van der Waals surface area contributed by atoms with Gasteiger partial charge in [-0.05, 0) is 130 Å². The number of amides is 1. The van der Waals surface area contributed by atoms with Crippen molar-refractivity contribution in [1.29, 1.82) is 0 Å². The summed E-state index contributed by atoms with van der Waals surface area (Å²) in [4.78, 5) is 12.9. The van der Waals surface area contributed by atoms with Crippen LogP contribution in [0, 0.1) is 46.7 Å². The van der Waals surface area contributed by atoms with Gasteiger partial charge in [0.15, 0.2) is 0 Å². The number of hydrogen-bond acceptors (Lipinski definition) is 3. The van der Waals surface area contributed by atoms with Crippen LogP contribution in [0.15, 0.2) is 24.3 Å². The number of hydrogen-bond donors (Lipinski definition) is 2. The molecule has 0 aromatic heterocycles. The lowest BCUT2D eigenvalue weighted by Crippen LogP contribution is -2.57. The molecule has 0 heterocycles. The van der Waals surface area contributed by atoms with Gasteiger partial charge in [-0.1, -0.05) is 13.3 Å². The molecule has 4 aliphatic carbocycles. The van der Waals surface area contributed by atoms with Crippen LogP contribution in [0.5, 0.6) is 0 Å². The Morgan fingerprint density at radius 3 is 2.57 bits per heavy atom. The van der Waals surface area contributed by atoms with E-state index in [1.807, 2.05) is 0 Å². The number of fused-ring (bicyclic) bond motifs is 5. The van der Waals surface area contributed by atoms with Gasteiger partial charge in [0.05, 0.1) is 12.2 Å². The molecular weight excluding hydrogens is 441 g/mol. The zero-order chi connectivity index (χ0) is 24.8. The number of rotatable bonds is 5. The first-order valence-corrected chi connectivity index (χ1v) is 14.0. The smallest absolute Gasteiger partial charge is 0.251 e. The van der Waals surface area contributed by atoms with Gasteiger partial charge >= 0.3 is 0 Å². The summed E-state index contributed by atoms with van der Waals surface area (Å²) >= 11 is 0. The Morgan fingerprint density at radius 1 is 1.09 bits per heavy atom. The molecule has 1 unspecified atom stereocenters. The van der Waals surface area contributed by atoms with Crippen LogP contribution in [0.3, 0.4) is 0 Å². The van der Waals surface area contributed by atoms with E-state index >= 15 is 0 Å². The predicted molar refractivity (Wildman–Crippen MR) is 135 cm³/mol. The highest BCUT2D eigenvalue weighted by atomic mass is 19.1. The number of methoxy groups -OCH3 is 1. The van der Waals surface area contributed by atoms with Gasteiger partial charge in [-0.25, -0.2) is 4.39 Å². The molecule has 0 saturated heterocycles. The lowest BCUT2D eigenvalue weighted by atomic mass is 9.44. The van der Waals surface area contributed by atoms with Gasteiger partial charge in [0, 0.05) is 18.7 Å². The molecule has 5 rings (SSSR count). The van der Waals surface area contributed by atoms with E-state index in [-0.39, 0.29) is 23.2 Å². The van der Waals surface area contributed by atoms with E-state index in [1.165, 1.54) is 57.1 Å². The topological polar surface area (TPSA) is 58.6 Å². The number of ether oxygens (including phenoxy) is 1. The maximum atomic E-state index is 13.3. The van der Waals surface area contributed by atoms with Crippen molar-refractivity contribution in [3.63, 3.8) is 0 Å². The molecule has 1 amide bonds. The molecule has 9 atom stereocenters. The number of carbonyl (C=O) groups is 1. The summed E-state index contributed by atoms with van der Waals surface area (Å²) in [5, 5.41) is 14.3. The van der Waals surface area contributed by atoms with E-state index in [2.05, 4.69) is 19.2 Å². The second-order valence-electron chi connectivity index (χ2n) is 12.7. The molecule has 1 aromatic rings. The summed E-state index contributed by atoms with van der Waals surface area (Å²) in [6.45, 7) is 5.16. The van der Waals surface area contributed by atoms with E-state index < -0.39 is 5.60 Å². The summed E-state index contributed by atoms with van der Waals surface area (Å²) < 4.78 is 18.7. The second-order valence-corrected chi connectivity index (χ2v) is 12.7. The number of benzene rings is 1. The maximum Gasteiger partial charge on any atom is 0.251 e. The van der Waals surface area contributed by atoms with Crippen LogP contribution >= 0.6 is 0 Å². The minimum atomic E-state index is -0.625. The van der Waals surface area contributed by atoms with Gasteiger partial charge in [-0.3, -0.25) is 4.79 Å². The van der Waals surface area contributed by atoms with Crippen LogP contribution in [0.4, 0.5) is 4.39 Å². The molecular formula is C30H44FNO3. The van der Waals surface area contributed by atoms with Crippen molar-refractivity contribution in [3.8, 4) is 0 Å². The summed E-state index contributed by atoms with van der Waals surface area (Å²) in [5.74, 6) is 3.77. The van der Waals surface area contributed by atoms with Crippen LogP contribution in [0.25, 0.3) is 0 Å². The molecule has 2 N–H and O–H groups in total. The monoisotopic (exact) mass is 485 g/mol. The molecule has 4 nitrogen and oxygen atoms in total. The zero-order valence-electron chi connectivity index (χ0n) is 21.8. The number of carbonyl (C=O) groups excluding carboxylic acids is 1. The minimum absolute atomic E-state index is 0.0943. The molecule has 0 spiro atoms. The first-order valence-electron chi connectivity index (χ1n) is 14.0. The Balaban J connectivity index is 1.28. The summed E-state index contributed by atoms with van der Waals surface area (Å²) in [6, 6.07) is 5.97. The predicted octanol–water partition coefficient (Wildman–Crippen LogP) is 5.98. The average molecular weight is 486 g/mol. The largest absolute Gasteiger partial charge is 0.387 e. The normalized spacial score (nSPS) is 41.7. The molecule has 5 heteroatoms. The molecule has 4 fully saturated rings. The molecule has 4 aliphatic rings. The first kappa shape index (κ1) is 25.2. The van der Waals surface area contributed by atoms with Crippen molar-refractivity contribution >= 4 is 5.91 Å². The molecule has 194 valence electrons. The maximum absolute atomic E-state index is 13.3.